The van der Waals surface area contributed by atoms with Crippen LogP contribution in [0.25, 0.3) is 0 Å². The number of amides is 1. The van der Waals surface area contributed by atoms with E-state index in [4.69, 9.17) is 17.3 Å². The first kappa shape index (κ1) is 13.4. The molecule has 0 aromatic heterocycles. The first-order valence-corrected chi connectivity index (χ1v) is 5.28. The molecule has 3 N–H and O–H groups in total. The Balaban J connectivity index is 2.86. The molecule has 92 valence electrons. The Morgan fingerprint density at radius 3 is 2.76 bits per heavy atom. The van der Waals surface area contributed by atoms with E-state index < -0.39 is 4.92 Å². The summed E-state index contributed by atoms with van der Waals surface area (Å²) in [6.45, 7) is 1.89. The second-order valence-corrected chi connectivity index (χ2v) is 3.95. The Bertz CT molecular complexity index is 450. The van der Waals surface area contributed by atoms with Crippen LogP contribution in [0.15, 0.2) is 18.2 Å². The SMILES string of the molecule is CC(CN)C(=O)Nc1ccc([N+](=O)[O-])cc1Cl. The number of nitro groups is 1. The van der Waals surface area contributed by atoms with E-state index in [1.807, 2.05) is 0 Å². The van der Waals surface area contributed by atoms with E-state index in [0.29, 0.717) is 5.69 Å². The summed E-state index contributed by atoms with van der Waals surface area (Å²) >= 11 is 5.82. The standard InChI is InChI=1S/C10H12ClN3O3/c1-6(5-12)10(15)13-9-3-2-7(14(16)17)4-8(9)11/h2-4,6H,5,12H2,1H3,(H,13,15). The van der Waals surface area contributed by atoms with Gasteiger partial charge in [0.25, 0.3) is 5.69 Å². The summed E-state index contributed by atoms with van der Waals surface area (Å²) in [6.07, 6.45) is 0. The van der Waals surface area contributed by atoms with Gasteiger partial charge in [0.2, 0.25) is 5.91 Å². The van der Waals surface area contributed by atoms with Crippen LogP contribution in [0.5, 0.6) is 0 Å². The van der Waals surface area contributed by atoms with Crippen molar-refractivity contribution in [3.05, 3.63) is 33.3 Å². The van der Waals surface area contributed by atoms with Gasteiger partial charge in [-0.3, -0.25) is 14.9 Å². The molecule has 0 heterocycles. The van der Waals surface area contributed by atoms with Crippen LogP contribution in [0, 0.1) is 16.0 Å². The van der Waals surface area contributed by atoms with Gasteiger partial charge in [-0.05, 0) is 6.07 Å². The number of hydrogen-bond acceptors (Lipinski definition) is 4. The molecule has 1 unspecified atom stereocenters. The third-order valence-corrected chi connectivity index (χ3v) is 2.54. The number of non-ortho nitro benzene ring substituents is 1. The normalized spacial score (nSPS) is 11.9. The van der Waals surface area contributed by atoms with Crippen molar-refractivity contribution in [3.63, 3.8) is 0 Å². The van der Waals surface area contributed by atoms with Gasteiger partial charge in [0.05, 0.1) is 15.6 Å². The van der Waals surface area contributed by atoms with Gasteiger partial charge in [0, 0.05) is 24.6 Å². The van der Waals surface area contributed by atoms with E-state index in [9.17, 15) is 14.9 Å². The van der Waals surface area contributed by atoms with Crippen LogP contribution in [0.3, 0.4) is 0 Å². The molecule has 1 atom stereocenters. The number of benzene rings is 1. The highest BCUT2D eigenvalue weighted by Gasteiger charge is 2.14. The zero-order valence-corrected chi connectivity index (χ0v) is 9.90. The average Bonchev–Trinajstić information content (AvgIpc) is 2.30. The predicted molar refractivity (Wildman–Crippen MR) is 65.0 cm³/mol. The van der Waals surface area contributed by atoms with Gasteiger partial charge in [-0.2, -0.15) is 0 Å². The van der Waals surface area contributed by atoms with Crippen molar-refractivity contribution in [2.75, 3.05) is 11.9 Å². The van der Waals surface area contributed by atoms with Gasteiger partial charge >= 0.3 is 0 Å². The largest absolute Gasteiger partial charge is 0.330 e. The molecular weight excluding hydrogens is 246 g/mol. The van der Waals surface area contributed by atoms with Crippen molar-refractivity contribution < 1.29 is 9.72 Å². The minimum atomic E-state index is -0.556. The van der Waals surface area contributed by atoms with E-state index >= 15 is 0 Å². The molecule has 1 amide bonds. The number of halogens is 1. The summed E-state index contributed by atoms with van der Waals surface area (Å²) in [5.41, 5.74) is 5.56. The minimum absolute atomic E-state index is 0.122. The lowest BCUT2D eigenvalue weighted by Gasteiger charge is -2.10. The van der Waals surface area contributed by atoms with Gasteiger partial charge in [-0.15, -0.1) is 0 Å². The molecule has 0 saturated heterocycles. The molecule has 0 aliphatic carbocycles. The number of rotatable bonds is 4. The average molecular weight is 258 g/mol. The molecule has 0 aliphatic heterocycles. The van der Waals surface area contributed by atoms with Crippen LogP contribution in [0.4, 0.5) is 11.4 Å². The maximum atomic E-state index is 11.5. The lowest BCUT2D eigenvalue weighted by molar-refractivity contribution is -0.384. The smallest absolute Gasteiger partial charge is 0.271 e. The van der Waals surface area contributed by atoms with E-state index in [1.54, 1.807) is 6.92 Å². The second-order valence-electron chi connectivity index (χ2n) is 3.55. The van der Waals surface area contributed by atoms with Crippen LogP contribution in [-0.2, 0) is 4.79 Å². The summed E-state index contributed by atoms with van der Waals surface area (Å²) in [5.74, 6) is -0.621. The maximum Gasteiger partial charge on any atom is 0.271 e. The number of hydrogen-bond donors (Lipinski definition) is 2. The number of nitrogens with two attached hydrogens (primary N) is 1. The van der Waals surface area contributed by atoms with Crippen LogP contribution < -0.4 is 11.1 Å². The fourth-order valence-electron chi connectivity index (χ4n) is 1.08. The van der Waals surface area contributed by atoms with Crippen LogP contribution >= 0.6 is 11.6 Å². The molecule has 0 radical (unpaired) electrons. The molecule has 0 fully saturated rings. The molecule has 1 rings (SSSR count). The van der Waals surface area contributed by atoms with Gasteiger partial charge in [0.15, 0.2) is 0 Å². The van der Waals surface area contributed by atoms with Gasteiger partial charge in [0.1, 0.15) is 0 Å². The fourth-order valence-corrected chi connectivity index (χ4v) is 1.30. The fraction of sp³-hybridized carbons (Fsp3) is 0.300. The quantitative estimate of drug-likeness (QED) is 0.634. The number of nitrogens with zero attached hydrogens (tertiary/aromatic N) is 1. The third-order valence-electron chi connectivity index (χ3n) is 2.22. The Morgan fingerprint density at radius 2 is 2.29 bits per heavy atom. The Hall–Kier alpha value is -1.66. The Morgan fingerprint density at radius 1 is 1.65 bits per heavy atom. The third kappa shape index (κ3) is 3.40. The van der Waals surface area contributed by atoms with Gasteiger partial charge in [-0.1, -0.05) is 18.5 Å². The van der Waals surface area contributed by atoms with Gasteiger partial charge in [-0.25, -0.2) is 0 Å². The number of nitrogens with one attached hydrogen (secondary N) is 1. The van der Waals surface area contributed by atoms with E-state index in [2.05, 4.69) is 5.32 Å². The molecule has 0 aliphatic rings. The van der Waals surface area contributed by atoms with Crippen molar-refractivity contribution in [2.24, 2.45) is 11.7 Å². The van der Waals surface area contributed by atoms with Crippen molar-refractivity contribution in [3.8, 4) is 0 Å². The van der Waals surface area contributed by atoms with Crippen LogP contribution in [-0.4, -0.2) is 17.4 Å². The molecular formula is C10H12ClN3O3. The molecule has 6 nitrogen and oxygen atoms in total. The van der Waals surface area contributed by atoms with Crippen molar-refractivity contribution >= 4 is 28.9 Å². The van der Waals surface area contributed by atoms with Crippen molar-refractivity contribution in [2.45, 2.75) is 6.92 Å². The number of carbonyl (C=O) groups excluding carboxylic acids is 1. The van der Waals surface area contributed by atoms with Crippen molar-refractivity contribution in [1.29, 1.82) is 0 Å². The molecule has 17 heavy (non-hydrogen) atoms. The van der Waals surface area contributed by atoms with E-state index in [0.717, 1.165) is 0 Å². The summed E-state index contributed by atoms with van der Waals surface area (Å²) < 4.78 is 0. The van der Waals surface area contributed by atoms with Crippen LogP contribution in [0.1, 0.15) is 6.92 Å². The number of nitro benzene ring substituents is 1. The summed E-state index contributed by atoms with van der Waals surface area (Å²) in [4.78, 5) is 21.5. The Kier molecular flexibility index (Phi) is 4.42. The molecule has 0 spiro atoms. The zero-order chi connectivity index (χ0) is 13.0. The number of anilines is 1. The lowest BCUT2D eigenvalue weighted by atomic mass is 10.1. The predicted octanol–water partition coefficient (Wildman–Crippen LogP) is 1.78. The maximum absolute atomic E-state index is 11.5. The van der Waals surface area contributed by atoms with E-state index in [-0.39, 0.29) is 29.1 Å². The molecule has 1 aromatic carbocycles. The highest BCUT2D eigenvalue weighted by Crippen LogP contribution is 2.26. The summed E-state index contributed by atoms with van der Waals surface area (Å²) in [6, 6.07) is 3.85. The van der Waals surface area contributed by atoms with Crippen LogP contribution in [0.2, 0.25) is 5.02 Å². The molecule has 7 heteroatoms. The topological polar surface area (TPSA) is 98.3 Å². The highest BCUT2D eigenvalue weighted by molar-refractivity contribution is 6.34. The second kappa shape index (κ2) is 5.60. The lowest BCUT2D eigenvalue weighted by Crippen LogP contribution is -2.26. The molecule has 0 saturated carbocycles. The van der Waals surface area contributed by atoms with E-state index in [1.165, 1.54) is 18.2 Å². The first-order valence-electron chi connectivity index (χ1n) is 4.90. The summed E-state index contributed by atoms with van der Waals surface area (Å²) in [7, 11) is 0. The summed E-state index contributed by atoms with van der Waals surface area (Å²) in [5, 5.41) is 13.2. The number of carbonyl (C=O) groups is 1. The molecule has 1 aromatic rings. The minimum Gasteiger partial charge on any atom is -0.330 e. The Labute approximate surface area is 103 Å². The monoisotopic (exact) mass is 257 g/mol. The van der Waals surface area contributed by atoms with Gasteiger partial charge < -0.3 is 11.1 Å². The first-order chi connectivity index (χ1) is 7.95. The van der Waals surface area contributed by atoms with Crippen molar-refractivity contribution in [1.82, 2.24) is 0 Å². The molecule has 0 bridgehead atoms. The highest BCUT2D eigenvalue weighted by atomic mass is 35.5. The zero-order valence-electron chi connectivity index (χ0n) is 9.14.